The van der Waals surface area contributed by atoms with E-state index in [1.165, 1.54) is 0 Å². The third-order valence-electron chi connectivity index (χ3n) is 4.09. The summed E-state index contributed by atoms with van der Waals surface area (Å²) in [6.45, 7) is 2.33. The molecule has 6 nitrogen and oxygen atoms in total. The Balaban J connectivity index is 1.34. The molecule has 0 aliphatic carbocycles. The Morgan fingerprint density at radius 1 is 1.26 bits per heavy atom. The molecule has 0 saturated carbocycles. The second kappa shape index (κ2) is 7.67. The van der Waals surface area contributed by atoms with Gasteiger partial charge in [0, 0.05) is 18.8 Å². The van der Waals surface area contributed by atoms with E-state index in [0.29, 0.717) is 23.8 Å². The van der Waals surface area contributed by atoms with Crippen LogP contribution in [0.3, 0.4) is 0 Å². The molecule has 0 radical (unpaired) electrons. The molecule has 1 aromatic carbocycles. The van der Waals surface area contributed by atoms with Crippen LogP contribution in [0.25, 0.3) is 10.6 Å². The van der Waals surface area contributed by atoms with Crippen molar-refractivity contribution in [2.75, 3.05) is 6.79 Å². The van der Waals surface area contributed by atoms with E-state index in [-0.39, 0.29) is 12.7 Å². The summed E-state index contributed by atoms with van der Waals surface area (Å²) in [5.74, 6) is 1.67. The van der Waals surface area contributed by atoms with E-state index in [4.69, 9.17) is 14.2 Å². The van der Waals surface area contributed by atoms with E-state index in [1.54, 1.807) is 42.7 Å². The fraction of sp³-hybridized carbons (Fsp3) is 0.200. The number of aromatic nitrogens is 1. The first-order chi connectivity index (χ1) is 13.2. The van der Waals surface area contributed by atoms with Crippen molar-refractivity contribution in [1.29, 1.82) is 0 Å². The van der Waals surface area contributed by atoms with Crippen molar-refractivity contribution >= 4 is 17.2 Å². The van der Waals surface area contributed by atoms with Gasteiger partial charge in [0.05, 0.1) is 10.6 Å². The number of benzene rings is 1. The summed E-state index contributed by atoms with van der Waals surface area (Å²) in [6.07, 6.45) is 1.12. The number of ether oxygens (including phenoxy) is 3. The zero-order chi connectivity index (χ0) is 18.6. The average Bonchev–Trinajstić information content (AvgIpc) is 3.37. The number of hydrogen-bond donors (Lipinski definition) is 1. The molecule has 27 heavy (non-hydrogen) atoms. The Bertz CT molecular complexity index is 943. The van der Waals surface area contributed by atoms with Crippen molar-refractivity contribution in [2.45, 2.75) is 19.6 Å². The summed E-state index contributed by atoms with van der Waals surface area (Å²) in [7, 11) is 0. The van der Waals surface area contributed by atoms with Crippen LogP contribution in [0.2, 0.25) is 0 Å². The third kappa shape index (κ3) is 4.03. The molecule has 1 aliphatic heterocycles. The number of fused-ring (bicyclic) bond motifs is 1. The lowest BCUT2D eigenvalue weighted by atomic mass is 10.2. The van der Waals surface area contributed by atoms with Crippen LogP contribution in [0.15, 0.2) is 54.0 Å². The molecule has 0 fully saturated rings. The monoisotopic (exact) mass is 382 g/mol. The van der Waals surface area contributed by atoms with Gasteiger partial charge in [-0.05, 0) is 48.2 Å². The minimum atomic E-state index is -0.635. The van der Waals surface area contributed by atoms with E-state index in [2.05, 4.69) is 10.3 Å². The second-order valence-electron chi connectivity index (χ2n) is 6.02. The van der Waals surface area contributed by atoms with Crippen molar-refractivity contribution in [3.8, 4) is 27.8 Å². The number of amides is 1. The van der Waals surface area contributed by atoms with Gasteiger partial charge in [0.25, 0.3) is 5.91 Å². The predicted molar refractivity (Wildman–Crippen MR) is 102 cm³/mol. The van der Waals surface area contributed by atoms with E-state index < -0.39 is 6.10 Å². The molecule has 0 bridgehead atoms. The molecule has 1 amide bonds. The number of nitrogens with one attached hydrogen (secondary N) is 1. The number of carbonyl (C=O) groups is 1. The first kappa shape index (κ1) is 17.4. The van der Waals surface area contributed by atoms with E-state index >= 15 is 0 Å². The van der Waals surface area contributed by atoms with Gasteiger partial charge in [0.2, 0.25) is 6.79 Å². The molecule has 1 aliphatic rings. The highest BCUT2D eigenvalue weighted by atomic mass is 32.1. The van der Waals surface area contributed by atoms with Gasteiger partial charge in [-0.3, -0.25) is 9.78 Å². The molecule has 138 valence electrons. The molecule has 2 aromatic heterocycles. The number of pyridine rings is 1. The molecule has 0 spiro atoms. The van der Waals surface area contributed by atoms with Gasteiger partial charge in [-0.1, -0.05) is 6.07 Å². The van der Waals surface area contributed by atoms with E-state index in [1.807, 2.05) is 29.6 Å². The molecule has 1 atom stereocenters. The Labute approximate surface area is 160 Å². The van der Waals surface area contributed by atoms with Crippen LogP contribution in [0.1, 0.15) is 12.5 Å². The summed E-state index contributed by atoms with van der Waals surface area (Å²) >= 11 is 1.63. The molecule has 1 N–H and O–H groups in total. The van der Waals surface area contributed by atoms with Gasteiger partial charge < -0.3 is 19.5 Å². The van der Waals surface area contributed by atoms with Crippen LogP contribution in [0.4, 0.5) is 0 Å². The van der Waals surface area contributed by atoms with Crippen LogP contribution >= 0.6 is 11.3 Å². The fourth-order valence-electron chi connectivity index (χ4n) is 2.68. The van der Waals surface area contributed by atoms with Crippen LogP contribution in [-0.4, -0.2) is 23.8 Å². The first-order valence-corrected chi connectivity index (χ1v) is 9.40. The highest BCUT2D eigenvalue weighted by molar-refractivity contribution is 7.13. The van der Waals surface area contributed by atoms with Gasteiger partial charge in [0.1, 0.15) is 5.75 Å². The van der Waals surface area contributed by atoms with Gasteiger partial charge in [0.15, 0.2) is 17.6 Å². The maximum Gasteiger partial charge on any atom is 0.261 e. The largest absolute Gasteiger partial charge is 0.481 e. The van der Waals surface area contributed by atoms with Gasteiger partial charge in [-0.25, -0.2) is 0 Å². The molecule has 0 saturated heterocycles. The van der Waals surface area contributed by atoms with Gasteiger partial charge >= 0.3 is 0 Å². The number of thiophene rings is 1. The average molecular weight is 382 g/mol. The third-order valence-corrected chi connectivity index (χ3v) is 4.98. The Hall–Kier alpha value is -3.06. The van der Waals surface area contributed by atoms with Gasteiger partial charge in [-0.15, -0.1) is 11.3 Å². The molecule has 0 unspecified atom stereocenters. The lowest BCUT2D eigenvalue weighted by Gasteiger charge is -2.15. The topological polar surface area (TPSA) is 69.7 Å². The van der Waals surface area contributed by atoms with E-state index in [0.717, 1.165) is 16.1 Å². The zero-order valence-electron chi connectivity index (χ0n) is 14.7. The van der Waals surface area contributed by atoms with Crippen molar-refractivity contribution in [1.82, 2.24) is 10.3 Å². The molecule has 4 rings (SSSR count). The minimum absolute atomic E-state index is 0.192. The normalized spacial score (nSPS) is 13.2. The lowest BCUT2D eigenvalue weighted by molar-refractivity contribution is -0.127. The van der Waals surface area contributed by atoms with E-state index in [9.17, 15) is 4.79 Å². The summed E-state index contributed by atoms with van der Waals surface area (Å²) < 4.78 is 16.3. The van der Waals surface area contributed by atoms with Crippen molar-refractivity contribution in [3.63, 3.8) is 0 Å². The maximum atomic E-state index is 12.4. The summed E-state index contributed by atoms with van der Waals surface area (Å²) in [6, 6.07) is 13.1. The van der Waals surface area contributed by atoms with Crippen molar-refractivity contribution in [3.05, 3.63) is 59.6 Å². The van der Waals surface area contributed by atoms with Crippen LogP contribution in [0, 0.1) is 0 Å². The minimum Gasteiger partial charge on any atom is -0.481 e. The van der Waals surface area contributed by atoms with Crippen molar-refractivity contribution in [2.24, 2.45) is 0 Å². The predicted octanol–water partition coefficient (Wildman–Crippen LogP) is 3.62. The zero-order valence-corrected chi connectivity index (χ0v) is 15.5. The van der Waals surface area contributed by atoms with Crippen LogP contribution in [0.5, 0.6) is 17.2 Å². The Morgan fingerprint density at radius 2 is 2.15 bits per heavy atom. The number of nitrogens with zero attached hydrogens (tertiary/aromatic N) is 1. The molecular formula is C20H18N2O4S. The SMILES string of the molecule is C[C@H](Oc1ccc2c(c1)OCO2)C(=O)NCc1ccnc(-c2cccs2)c1. The maximum absolute atomic E-state index is 12.4. The van der Waals surface area contributed by atoms with Gasteiger partial charge in [-0.2, -0.15) is 0 Å². The fourth-order valence-corrected chi connectivity index (χ4v) is 3.38. The van der Waals surface area contributed by atoms with Crippen molar-refractivity contribution < 1.29 is 19.0 Å². The highest BCUT2D eigenvalue weighted by Gasteiger charge is 2.18. The number of rotatable bonds is 6. The van der Waals surface area contributed by atoms with Crippen LogP contribution < -0.4 is 19.5 Å². The Kier molecular flexibility index (Phi) is 4.93. The van der Waals surface area contributed by atoms with Crippen LogP contribution in [-0.2, 0) is 11.3 Å². The Morgan fingerprint density at radius 3 is 3.00 bits per heavy atom. The summed E-state index contributed by atoms with van der Waals surface area (Å²) in [4.78, 5) is 17.8. The smallest absolute Gasteiger partial charge is 0.261 e. The number of carbonyl (C=O) groups excluding carboxylic acids is 1. The first-order valence-electron chi connectivity index (χ1n) is 8.52. The molecule has 7 heteroatoms. The molecule has 3 aromatic rings. The summed E-state index contributed by atoms with van der Waals surface area (Å²) in [5.41, 5.74) is 1.89. The lowest BCUT2D eigenvalue weighted by Crippen LogP contribution is -2.35. The number of hydrogen-bond acceptors (Lipinski definition) is 6. The second-order valence-corrected chi connectivity index (χ2v) is 6.97. The standard InChI is InChI=1S/C20H18N2O4S/c1-13(26-15-4-5-17-18(10-15)25-12-24-17)20(23)22-11-14-6-7-21-16(9-14)19-3-2-8-27-19/h2-10,13H,11-12H2,1H3,(H,22,23)/t13-/m0/s1. The molecule has 3 heterocycles. The summed E-state index contributed by atoms with van der Waals surface area (Å²) in [5, 5.41) is 4.91. The highest BCUT2D eigenvalue weighted by Crippen LogP contribution is 2.35. The quantitative estimate of drug-likeness (QED) is 0.705. The molecular weight excluding hydrogens is 364 g/mol.